The van der Waals surface area contributed by atoms with Gasteiger partial charge in [0.2, 0.25) is 0 Å². The molecule has 0 amide bonds. The molecule has 4 N–H and O–H groups in total. The van der Waals surface area contributed by atoms with Crippen molar-refractivity contribution in [3.05, 3.63) is 68.6 Å². The van der Waals surface area contributed by atoms with E-state index in [2.05, 4.69) is 19.1 Å². The quantitative estimate of drug-likeness (QED) is 0.222. The Balaban J connectivity index is 2.07. The van der Waals surface area contributed by atoms with Gasteiger partial charge >= 0.3 is 0 Å². The number of aliphatic hydroxyl groups excluding tert-OH is 4. The molecule has 1 saturated heterocycles. The summed E-state index contributed by atoms with van der Waals surface area (Å²) in [4.78, 5) is 12.4. The molecule has 40 heavy (non-hydrogen) atoms. The lowest BCUT2D eigenvalue weighted by atomic mass is 9.94. The van der Waals surface area contributed by atoms with Gasteiger partial charge in [0, 0.05) is 11.5 Å². The number of rotatable bonds is 12. The molecule has 2 heterocycles. The predicted molar refractivity (Wildman–Crippen MR) is 154 cm³/mol. The summed E-state index contributed by atoms with van der Waals surface area (Å²) in [5, 5.41) is 40.1. The van der Waals surface area contributed by atoms with Crippen molar-refractivity contribution in [1.29, 1.82) is 0 Å². The van der Waals surface area contributed by atoms with Crippen LogP contribution in [0.2, 0.25) is 0 Å². The largest absolute Gasteiger partial charge is 0.468 e. The number of hydrogen-bond donors (Lipinski definition) is 4. The van der Waals surface area contributed by atoms with Crippen LogP contribution in [-0.4, -0.2) is 71.0 Å². The topological polar surface area (TPSA) is 139 Å². The van der Waals surface area contributed by atoms with E-state index in [1.54, 1.807) is 13.8 Å². The Morgan fingerprint density at radius 2 is 1.75 bits per heavy atom. The highest BCUT2D eigenvalue weighted by Gasteiger charge is 2.45. The van der Waals surface area contributed by atoms with Gasteiger partial charge < -0.3 is 39.1 Å². The summed E-state index contributed by atoms with van der Waals surface area (Å²) in [6.45, 7) is 12.7. The second kappa shape index (κ2) is 15.5. The maximum absolute atomic E-state index is 12.4. The lowest BCUT2D eigenvalue weighted by Gasteiger charge is -2.41. The van der Waals surface area contributed by atoms with Gasteiger partial charge in [-0.05, 0) is 58.6 Å². The molecule has 1 aliphatic rings. The minimum absolute atomic E-state index is 0.0906. The van der Waals surface area contributed by atoms with E-state index in [9.17, 15) is 25.2 Å². The van der Waals surface area contributed by atoms with Gasteiger partial charge in [0.25, 0.3) is 5.95 Å². The summed E-state index contributed by atoms with van der Waals surface area (Å²) in [6.07, 6.45) is 5.50. The number of allylic oxidation sites excluding steroid dienone is 5. The molecule has 1 aromatic heterocycles. The van der Waals surface area contributed by atoms with Gasteiger partial charge in [-0.2, -0.15) is 0 Å². The zero-order valence-electron chi connectivity index (χ0n) is 24.8. The van der Waals surface area contributed by atoms with Crippen LogP contribution in [0.15, 0.2) is 50.7 Å². The summed E-state index contributed by atoms with van der Waals surface area (Å²) < 4.78 is 22.5. The summed E-state index contributed by atoms with van der Waals surface area (Å²) in [5.74, 6) is 0.775. The molecular weight excluding hydrogens is 516 g/mol. The molecule has 0 aliphatic carbocycles. The Morgan fingerprint density at radius 1 is 1.07 bits per heavy atom. The fourth-order valence-corrected chi connectivity index (χ4v) is 4.58. The van der Waals surface area contributed by atoms with E-state index < -0.39 is 43.4 Å². The Hall–Kier alpha value is -2.53. The molecule has 9 heteroatoms. The van der Waals surface area contributed by atoms with Crippen molar-refractivity contribution >= 4 is 6.08 Å². The van der Waals surface area contributed by atoms with Crippen LogP contribution < -0.4 is 10.2 Å². The lowest BCUT2D eigenvalue weighted by Crippen LogP contribution is -2.60. The highest BCUT2D eigenvalue weighted by Crippen LogP contribution is 2.28. The molecule has 1 aromatic rings. The first-order chi connectivity index (χ1) is 18.9. The van der Waals surface area contributed by atoms with Gasteiger partial charge in [-0.1, -0.05) is 49.8 Å². The lowest BCUT2D eigenvalue weighted by molar-refractivity contribution is -0.310. The maximum Gasteiger partial charge on any atom is 0.291 e. The molecule has 2 rings (SSSR count). The fourth-order valence-electron chi connectivity index (χ4n) is 4.58. The van der Waals surface area contributed by atoms with E-state index in [1.165, 1.54) is 7.11 Å². The minimum Gasteiger partial charge on any atom is -0.468 e. The van der Waals surface area contributed by atoms with Crippen molar-refractivity contribution in [2.75, 3.05) is 13.7 Å². The number of hydrogen-bond acceptors (Lipinski definition) is 9. The first kappa shape index (κ1) is 33.7. The van der Waals surface area contributed by atoms with Gasteiger partial charge in [-0.3, -0.25) is 4.79 Å². The molecule has 0 unspecified atom stereocenters. The molecular formula is C31H46O9. The monoisotopic (exact) mass is 562 g/mol. The van der Waals surface area contributed by atoms with Gasteiger partial charge in [0.15, 0.2) is 11.7 Å². The second-order valence-corrected chi connectivity index (χ2v) is 10.6. The number of ether oxygens (including phenoxy) is 3. The summed E-state index contributed by atoms with van der Waals surface area (Å²) >= 11 is 0. The third-order valence-electron chi connectivity index (χ3n) is 7.25. The van der Waals surface area contributed by atoms with Crippen molar-refractivity contribution in [1.82, 2.24) is 0 Å². The van der Waals surface area contributed by atoms with Crippen LogP contribution in [0.4, 0.5) is 0 Å². The Bertz CT molecular complexity index is 1140. The molecule has 0 saturated carbocycles. The van der Waals surface area contributed by atoms with Gasteiger partial charge in [-0.25, -0.2) is 0 Å². The van der Waals surface area contributed by atoms with Crippen LogP contribution in [0.5, 0.6) is 5.95 Å². The van der Waals surface area contributed by atoms with E-state index in [0.717, 1.165) is 17.6 Å². The van der Waals surface area contributed by atoms with Gasteiger partial charge in [-0.15, -0.1) is 0 Å². The average molecular weight is 563 g/mol. The highest BCUT2D eigenvalue weighted by molar-refractivity contribution is 5.49. The molecule has 1 fully saturated rings. The second-order valence-electron chi connectivity index (χ2n) is 10.6. The van der Waals surface area contributed by atoms with Crippen molar-refractivity contribution in [2.45, 2.75) is 91.7 Å². The smallest absolute Gasteiger partial charge is 0.291 e. The first-order valence-electron chi connectivity index (χ1n) is 13.7. The molecule has 0 aromatic carbocycles. The number of methoxy groups -OCH3 is 1. The molecule has 1 aliphatic heterocycles. The third kappa shape index (κ3) is 8.49. The zero-order valence-corrected chi connectivity index (χ0v) is 24.8. The third-order valence-corrected chi connectivity index (χ3v) is 7.25. The van der Waals surface area contributed by atoms with E-state index in [0.29, 0.717) is 16.9 Å². The number of aliphatic hydroxyl groups is 4. The summed E-state index contributed by atoms with van der Waals surface area (Å²) in [6, 6.07) is 0. The molecule has 0 bridgehead atoms. The Labute approximate surface area is 237 Å². The van der Waals surface area contributed by atoms with E-state index in [-0.39, 0.29) is 23.2 Å². The van der Waals surface area contributed by atoms with Crippen molar-refractivity contribution in [3.63, 3.8) is 0 Å². The highest BCUT2D eigenvalue weighted by atomic mass is 16.7. The minimum atomic E-state index is -1.50. The van der Waals surface area contributed by atoms with Crippen LogP contribution in [-0.2, 0) is 9.47 Å². The van der Waals surface area contributed by atoms with E-state index in [1.807, 2.05) is 52.0 Å². The van der Waals surface area contributed by atoms with Gasteiger partial charge in [0.05, 0.1) is 25.4 Å². The van der Waals surface area contributed by atoms with Crippen LogP contribution in [0, 0.1) is 25.7 Å². The van der Waals surface area contributed by atoms with Crippen LogP contribution in [0.25, 0.3) is 6.08 Å². The van der Waals surface area contributed by atoms with Crippen LogP contribution in [0.1, 0.15) is 57.9 Å². The average Bonchev–Trinajstić information content (AvgIpc) is 2.93. The van der Waals surface area contributed by atoms with Crippen LogP contribution in [0.3, 0.4) is 0 Å². The first-order valence-corrected chi connectivity index (χ1v) is 13.7. The van der Waals surface area contributed by atoms with Gasteiger partial charge in [0.1, 0.15) is 30.2 Å². The molecule has 224 valence electrons. The fraction of sp³-hybridized carbons (Fsp3) is 0.581. The Morgan fingerprint density at radius 3 is 2.35 bits per heavy atom. The van der Waals surface area contributed by atoms with E-state index >= 15 is 0 Å². The summed E-state index contributed by atoms with van der Waals surface area (Å²) in [7, 11) is 1.47. The normalized spacial score (nSPS) is 26.9. The standard InChI is InChI=1S/C31H46O9/c1-9-19(4)29(40-31-28(36)27(35)26(34)24(16-32)39-31)20(5)15-18(3)12-10-11-17(2)13-14-23-21(6)25(33)22(7)30(37-8)38-23/h9-10,12-15,17,20,24,26-29,31-32,34-36H,11,16H2,1-8H3/b12-10+,14-13+,18-15+,19-9+/t17-,20-,24+,26+,27-,28+,29+,31-/m0/s1. The zero-order chi connectivity index (χ0) is 30.1. The van der Waals surface area contributed by atoms with E-state index in [4.69, 9.17) is 18.6 Å². The van der Waals surface area contributed by atoms with Crippen LogP contribution >= 0.6 is 0 Å². The van der Waals surface area contributed by atoms with Crippen molar-refractivity contribution < 1.29 is 39.1 Å². The Kier molecular flexibility index (Phi) is 13.0. The molecule has 8 atom stereocenters. The molecule has 0 spiro atoms. The predicted octanol–water partition coefficient (Wildman–Crippen LogP) is 3.59. The summed E-state index contributed by atoms with van der Waals surface area (Å²) in [5.41, 5.74) is 2.83. The molecule has 9 nitrogen and oxygen atoms in total. The van der Waals surface area contributed by atoms with Crippen molar-refractivity contribution in [2.24, 2.45) is 11.8 Å². The maximum atomic E-state index is 12.4. The van der Waals surface area contributed by atoms with Crippen molar-refractivity contribution in [3.8, 4) is 5.95 Å². The SMILES string of the molecule is C/C=C(\C)[C@@H](O[C@@H]1O[C@H](CO)[C@@H](O)[C@H](O)[C@H]1O)[C@@H](C)/C=C(C)/C=C/C[C@H](C)/C=C/c1oc(OC)c(C)c(=O)c1C. The molecule has 0 radical (unpaired) electrons.